The van der Waals surface area contributed by atoms with Crippen LogP contribution in [0, 0.1) is 5.82 Å². The van der Waals surface area contributed by atoms with Crippen LogP contribution >= 0.6 is 0 Å². The van der Waals surface area contributed by atoms with Gasteiger partial charge in [-0.1, -0.05) is 42.5 Å². The number of imide groups is 1. The maximum Gasteiger partial charge on any atom is 0.282 e. The highest BCUT2D eigenvalue weighted by Crippen LogP contribution is 2.35. The van der Waals surface area contributed by atoms with Crippen molar-refractivity contribution in [1.82, 2.24) is 0 Å². The fourth-order valence-corrected chi connectivity index (χ4v) is 3.32. The van der Waals surface area contributed by atoms with Crippen molar-refractivity contribution in [3.63, 3.8) is 0 Å². The SMILES string of the molecule is CCOc1ccc(C2=C(Nc3ccccc3)C(=O)N(c3ccccc3F)C2=O)cc1. The number of ether oxygens (including phenoxy) is 1. The summed E-state index contributed by atoms with van der Waals surface area (Å²) >= 11 is 0. The number of carbonyl (C=O) groups excluding carboxylic acids is 2. The van der Waals surface area contributed by atoms with Crippen LogP contribution in [0.1, 0.15) is 12.5 Å². The quantitative estimate of drug-likeness (QED) is 0.611. The number of amides is 2. The average molecular weight is 402 g/mol. The molecular weight excluding hydrogens is 383 g/mol. The molecule has 1 aliphatic rings. The molecule has 2 amide bonds. The molecule has 1 aliphatic heterocycles. The molecule has 4 rings (SSSR count). The van der Waals surface area contributed by atoms with E-state index in [1.165, 1.54) is 18.2 Å². The summed E-state index contributed by atoms with van der Waals surface area (Å²) in [5, 5.41) is 3.04. The van der Waals surface area contributed by atoms with Crippen molar-refractivity contribution < 1.29 is 18.7 Å². The maximum absolute atomic E-state index is 14.4. The normalized spacial score (nSPS) is 13.7. The monoisotopic (exact) mass is 402 g/mol. The third-order valence-electron chi connectivity index (χ3n) is 4.67. The van der Waals surface area contributed by atoms with E-state index < -0.39 is 17.6 Å². The Kier molecular flexibility index (Phi) is 5.30. The third kappa shape index (κ3) is 3.55. The first-order valence-corrected chi connectivity index (χ1v) is 9.53. The summed E-state index contributed by atoms with van der Waals surface area (Å²) in [6.45, 7) is 2.39. The number of nitrogens with one attached hydrogen (secondary N) is 1. The number of hydrogen-bond donors (Lipinski definition) is 1. The van der Waals surface area contributed by atoms with Crippen molar-refractivity contribution in [3.8, 4) is 5.75 Å². The first-order valence-electron chi connectivity index (χ1n) is 9.53. The molecule has 0 fully saturated rings. The highest BCUT2D eigenvalue weighted by Gasteiger charge is 2.41. The molecule has 0 spiro atoms. The van der Waals surface area contributed by atoms with Gasteiger partial charge in [0.2, 0.25) is 0 Å². The summed E-state index contributed by atoms with van der Waals surface area (Å²) in [4.78, 5) is 27.4. The summed E-state index contributed by atoms with van der Waals surface area (Å²) in [6, 6.07) is 21.6. The van der Waals surface area contributed by atoms with Crippen molar-refractivity contribution >= 4 is 28.8 Å². The molecule has 0 bridgehead atoms. The molecule has 0 aliphatic carbocycles. The largest absolute Gasteiger partial charge is 0.494 e. The number of nitrogens with zero attached hydrogens (tertiary/aromatic N) is 1. The number of halogens is 1. The van der Waals surface area contributed by atoms with Crippen LogP contribution < -0.4 is 15.0 Å². The lowest BCUT2D eigenvalue weighted by atomic mass is 10.0. The van der Waals surface area contributed by atoms with Crippen LogP contribution in [0.2, 0.25) is 0 Å². The highest BCUT2D eigenvalue weighted by molar-refractivity contribution is 6.46. The van der Waals surface area contributed by atoms with Gasteiger partial charge in [0.1, 0.15) is 17.3 Å². The van der Waals surface area contributed by atoms with Gasteiger partial charge in [0, 0.05) is 5.69 Å². The van der Waals surface area contributed by atoms with E-state index in [1.54, 1.807) is 42.5 Å². The van der Waals surface area contributed by atoms with E-state index in [1.807, 2.05) is 25.1 Å². The molecule has 0 saturated heterocycles. The molecule has 1 heterocycles. The zero-order valence-electron chi connectivity index (χ0n) is 16.3. The van der Waals surface area contributed by atoms with E-state index in [4.69, 9.17) is 4.74 Å². The zero-order valence-corrected chi connectivity index (χ0v) is 16.3. The number of para-hydroxylation sites is 2. The Morgan fingerprint density at radius 3 is 2.20 bits per heavy atom. The fourth-order valence-electron chi connectivity index (χ4n) is 3.32. The number of rotatable bonds is 6. The number of hydrogen-bond acceptors (Lipinski definition) is 4. The molecule has 150 valence electrons. The highest BCUT2D eigenvalue weighted by atomic mass is 19.1. The Hall–Kier alpha value is -3.93. The van der Waals surface area contributed by atoms with Crippen molar-refractivity contribution in [3.05, 3.63) is 95.9 Å². The molecule has 30 heavy (non-hydrogen) atoms. The summed E-state index contributed by atoms with van der Waals surface area (Å²) in [5.74, 6) is -1.20. The molecule has 0 atom stereocenters. The minimum atomic E-state index is -0.647. The maximum atomic E-state index is 14.4. The van der Waals surface area contributed by atoms with E-state index in [-0.39, 0.29) is 17.0 Å². The number of carbonyl (C=O) groups is 2. The van der Waals surface area contributed by atoms with Crippen LogP contribution in [0.3, 0.4) is 0 Å². The predicted octanol–water partition coefficient (Wildman–Crippen LogP) is 4.62. The molecule has 3 aromatic rings. The second kappa shape index (κ2) is 8.21. The smallest absolute Gasteiger partial charge is 0.282 e. The first-order chi connectivity index (χ1) is 14.6. The van der Waals surface area contributed by atoms with E-state index >= 15 is 0 Å². The Labute approximate surface area is 173 Å². The summed E-state index contributed by atoms with van der Waals surface area (Å²) in [5.41, 5.74) is 1.37. The van der Waals surface area contributed by atoms with E-state index in [2.05, 4.69) is 5.32 Å². The molecule has 0 radical (unpaired) electrons. The molecule has 3 aromatic carbocycles. The van der Waals surface area contributed by atoms with Gasteiger partial charge in [0.25, 0.3) is 11.8 Å². The van der Waals surface area contributed by atoms with Crippen molar-refractivity contribution in [2.75, 3.05) is 16.8 Å². The molecule has 0 aromatic heterocycles. The van der Waals surface area contributed by atoms with Crippen LogP contribution in [0.4, 0.5) is 15.8 Å². The standard InChI is InChI=1S/C24H19FN2O3/c1-2-30-18-14-12-16(13-15-18)21-22(26-17-8-4-3-5-9-17)24(29)27(23(21)28)20-11-7-6-10-19(20)25/h3-15,26H,2H2,1H3. The van der Waals surface area contributed by atoms with Crippen LogP contribution in [-0.2, 0) is 9.59 Å². The lowest BCUT2D eigenvalue weighted by Crippen LogP contribution is -2.33. The van der Waals surface area contributed by atoms with Gasteiger partial charge in [-0.3, -0.25) is 9.59 Å². The van der Waals surface area contributed by atoms with Gasteiger partial charge in [0.05, 0.1) is 17.9 Å². The summed E-state index contributed by atoms with van der Waals surface area (Å²) in [7, 11) is 0. The van der Waals surface area contributed by atoms with Crippen LogP contribution in [-0.4, -0.2) is 18.4 Å². The summed E-state index contributed by atoms with van der Waals surface area (Å²) < 4.78 is 19.9. The van der Waals surface area contributed by atoms with Crippen molar-refractivity contribution in [1.29, 1.82) is 0 Å². The van der Waals surface area contributed by atoms with E-state index in [0.717, 1.165) is 4.90 Å². The van der Waals surface area contributed by atoms with Gasteiger partial charge in [0.15, 0.2) is 0 Å². The number of benzene rings is 3. The Morgan fingerprint density at radius 1 is 0.867 bits per heavy atom. The van der Waals surface area contributed by atoms with Crippen molar-refractivity contribution in [2.45, 2.75) is 6.92 Å². The van der Waals surface area contributed by atoms with Crippen LogP contribution in [0.15, 0.2) is 84.6 Å². The topological polar surface area (TPSA) is 58.6 Å². The predicted molar refractivity (Wildman–Crippen MR) is 113 cm³/mol. The lowest BCUT2D eigenvalue weighted by Gasteiger charge is -2.16. The molecule has 0 unspecified atom stereocenters. The van der Waals surface area contributed by atoms with Gasteiger partial charge in [-0.05, 0) is 48.9 Å². The van der Waals surface area contributed by atoms with E-state index in [0.29, 0.717) is 23.6 Å². The fraction of sp³-hybridized carbons (Fsp3) is 0.0833. The van der Waals surface area contributed by atoms with Gasteiger partial charge in [-0.15, -0.1) is 0 Å². The second-order valence-corrected chi connectivity index (χ2v) is 6.60. The lowest BCUT2D eigenvalue weighted by molar-refractivity contribution is -0.120. The minimum Gasteiger partial charge on any atom is -0.494 e. The second-order valence-electron chi connectivity index (χ2n) is 6.60. The van der Waals surface area contributed by atoms with Crippen LogP contribution in [0.25, 0.3) is 5.57 Å². The molecular formula is C24H19FN2O3. The zero-order chi connectivity index (χ0) is 21.1. The first kappa shape index (κ1) is 19.4. The van der Waals surface area contributed by atoms with E-state index in [9.17, 15) is 14.0 Å². The Balaban J connectivity index is 1.80. The third-order valence-corrected chi connectivity index (χ3v) is 4.67. The molecule has 0 saturated carbocycles. The molecule has 5 nitrogen and oxygen atoms in total. The van der Waals surface area contributed by atoms with Crippen molar-refractivity contribution in [2.24, 2.45) is 0 Å². The van der Waals surface area contributed by atoms with Gasteiger partial charge in [-0.25, -0.2) is 9.29 Å². The van der Waals surface area contributed by atoms with Crippen LogP contribution in [0.5, 0.6) is 5.75 Å². The van der Waals surface area contributed by atoms with Gasteiger partial charge >= 0.3 is 0 Å². The summed E-state index contributed by atoms with van der Waals surface area (Å²) in [6.07, 6.45) is 0. The Morgan fingerprint density at radius 2 is 1.53 bits per heavy atom. The molecule has 1 N–H and O–H groups in total. The Bertz CT molecular complexity index is 1120. The van der Waals surface area contributed by atoms with Gasteiger partial charge in [-0.2, -0.15) is 0 Å². The average Bonchev–Trinajstić information content (AvgIpc) is 3.00. The van der Waals surface area contributed by atoms with Gasteiger partial charge < -0.3 is 10.1 Å². The minimum absolute atomic E-state index is 0.0826. The molecule has 6 heteroatoms. The number of anilines is 2.